The first-order chi connectivity index (χ1) is 11.6. The maximum atomic E-state index is 14.1. The zero-order valence-electron chi connectivity index (χ0n) is 14.3. The van der Waals surface area contributed by atoms with Crippen molar-refractivity contribution in [2.45, 2.75) is 57.3 Å². The Balaban J connectivity index is 1.97. The first-order valence-electron chi connectivity index (χ1n) is 8.44. The Kier molecular flexibility index (Phi) is 7.46. The fraction of sp³-hybridized carbons (Fsp3) is 0.611. The first kappa shape index (κ1) is 18.7. The van der Waals surface area contributed by atoms with Crippen LogP contribution in [0.25, 0.3) is 0 Å². The van der Waals surface area contributed by atoms with Crippen molar-refractivity contribution in [2.75, 3.05) is 13.9 Å². The highest BCUT2D eigenvalue weighted by Crippen LogP contribution is 2.26. The highest BCUT2D eigenvalue weighted by molar-refractivity contribution is 5.67. The molecule has 0 aromatic heterocycles. The molecule has 1 aromatic carbocycles. The molecule has 2 atom stereocenters. The number of methoxy groups -OCH3 is 1. The molecule has 0 saturated heterocycles. The van der Waals surface area contributed by atoms with Crippen molar-refractivity contribution in [1.82, 2.24) is 5.32 Å². The van der Waals surface area contributed by atoms with E-state index in [0.717, 1.165) is 25.7 Å². The molecule has 2 unspecified atom stereocenters. The molecule has 1 aliphatic carbocycles. The van der Waals surface area contributed by atoms with Gasteiger partial charge in [0.05, 0.1) is 0 Å². The topological polar surface area (TPSA) is 56.8 Å². The Hall–Kier alpha value is -1.66. The highest BCUT2D eigenvalue weighted by atomic mass is 19.1. The Bertz CT molecular complexity index is 519. The fourth-order valence-corrected chi connectivity index (χ4v) is 3.00. The van der Waals surface area contributed by atoms with Crippen LogP contribution in [-0.4, -0.2) is 32.1 Å². The number of nitrogens with one attached hydrogen (secondary N) is 1. The van der Waals surface area contributed by atoms with Crippen LogP contribution in [0, 0.1) is 5.82 Å². The summed E-state index contributed by atoms with van der Waals surface area (Å²) in [6.07, 6.45) is 3.52. The number of hydrogen-bond acceptors (Lipinski definition) is 4. The SMILES string of the molecule is COCOC(c1ccccc1F)C(C)OC(=O)NC1CCCCC1. The minimum atomic E-state index is -0.733. The quantitative estimate of drug-likeness (QED) is 0.765. The molecule has 1 N–H and O–H groups in total. The molecular weight excluding hydrogens is 313 g/mol. The number of rotatable bonds is 7. The smallest absolute Gasteiger partial charge is 0.407 e. The van der Waals surface area contributed by atoms with Gasteiger partial charge in [-0.25, -0.2) is 9.18 Å². The van der Waals surface area contributed by atoms with Gasteiger partial charge in [0.15, 0.2) is 0 Å². The summed E-state index contributed by atoms with van der Waals surface area (Å²) in [4.78, 5) is 12.1. The van der Waals surface area contributed by atoms with Crippen LogP contribution in [0.2, 0.25) is 0 Å². The summed E-state index contributed by atoms with van der Waals surface area (Å²) in [6, 6.07) is 6.46. The predicted octanol–water partition coefficient (Wildman–Crippen LogP) is 3.93. The third kappa shape index (κ3) is 5.46. The molecule has 24 heavy (non-hydrogen) atoms. The first-order valence-corrected chi connectivity index (χ1v) is 8.44. The molecule has 0 bridgehead atoms. The van der Waals surface area contributed by atoms with E-state index in [1.807, 2.05) is 0 Å². The lowest BCUT2D eigenvalue weighted by Crippen LogP contribution is -2.39. The van der Waals surface area contributed by atoms with E-state index >= 15 is 0 Å². The average molecular weight is 339 g/mol. The van der Waals surface area contributed by atoms with Crippen LogP contribution in [0.1, 0.15) is 50.7 Å². The van der Waals surface area contributed by atoms with Gasteiger partial charge in [-0.3, -0.25) is 0 Å². The molecule has 1 fully saturated rings. The van der Waals surface area contributed by atoms with Gasteiger partial charge < -0.3 is 19.5 Å². The summed E-state index contributed by atoms with van der Waals surface area (Å²) >= 11 is 0. The Morgan fingerprint density at radius 3 is 2.67 bits per heavy atom. The van der Waals surface area contributed by atoms with Crippen LogP contribution >= 0.6 is 0 Å². The largest absolute Gasteiger partial charge is 0.443 e. The van der Waals surface area contributed by atoms with Crippen molar-refractivity contribution in [2.24, 2.45) is 0 Å². The number of alkyl carbamates (subject to hydrolysis) is 1. The summed E-state index contributed by atoms with van der Waals surface area (Å²) in [5.74, 6) is -0.401. The normalized spacial score (nSPS) is 18.0. The van der Waals surface area contributed by atoms with E-state index in [1.54, 1.807) is 25.1 Å². The van der Waals surface area contributed by atoms with Gasteiger partial charge in [0.2, 0.25) is 0 Å². The number of carbonyl (C=O) groups excluding carboxylic acids is 1. The minimum Gasteiger partial charge on any atom is -0.443 e. The number of ether oxygens (including phenoxy) is 3. The summed E-state index contributed by atoms with van der Waals surface area (Å²) in [5, 5.41) is 2.89. The van der Waals surface area contributed by atoms with Crippen LogP contribution in [0.15, 0.2) is 24.3 Å². The molecular formula is C18H26FNO4. The summed E-state index contributed by atoms with van der Waals surface area (Å²) in [7, 11) is 1.49. The second-order valence-corrected chi connectivity index (χ2v) is 6.11. The van der Waals surface area contributed by atoms with Crippen molar-refractivity contribution in [1.29, 1.82) is 0 Å². The summed E-state index contributed by atoms with van der Waals surface area (Å²) < 4.78 is 29.9. The number of amides is 1. The fourth-order valence-electron chi connectivity index (χ4n) is 3.00. The third-order valence-corrected chi connectivity index (χ3v) is 4.22. The van der Waals surface area contributed by atoms with Gasteiger partial charge in [-0.15, -0.1) is 0 Å². The molecule has 1 aliphatic rings. The van der Waals surface area contributed by atoms with Gasteiger partial charge in [0.1, 0.15) is 24.8 Å². The molecule has 1 amide bonds. The summed E-state index contributed by atoms with van der Waals surface area (Å²) in [5.41, 5.74) is 0.340. The minimum absolute atomic E-state index is 0.0169. The van der Waals surface area contributed by atoms with E-state index in [2.05, 4.69) is 5.32 Å². The monoisotopic (exact) mass is 339 g/mol. The van der Waals surface area contributed by atoms with Crippen LogP contribution < -0.4 is 5.32 Å². The molecule has 2 rings (SSSR count). The number of halogens is 1. The van der Waals surface area contributed by atoms with E-state index in [-0.39, 0.29) is 12.8 Å². The van der Waals surface area contributed by atoms with Crippen LogP contribution in [-0.2, 0) is 14.2 Å². The zero-order valence-corrected chi connectivity index (χ0v) is 14.3. The van der Waals surface area contributed by atoms with Gasteiger partial charge in [0.25, 0.3) is 0 Å². The van der Waals surface area contributed by atoms with Crippen molar-refractivity contribution >= 4 is 6.09 Å². The lowest BCUT2D eigenvalue weighted by molar-refractivity contribution is -0.113. The molecule has 0 spiro atoms. The number of benzene rings is 1. The molecule has 0 aliphatic heterocycles. The standard InChI is InChI=1S/C18H26FNO4/c1-13(24-18(21)20-14-8-4-3-5-9-14)17(23-12-22-2)15-10-6-7-11-16(15)19/h6-7,10-11,13-14,17H,3-5,8-9,12H2,1-2H3,(H,20,21). The molecule has 0 heterocycles. The van der Waals surface area contributed by atoms with Crippen LogP contribution in [0.4, 0.5) is 9.18 Å². The Morgan fingerprint density at radius 2 is 2.00 bits per heavy atom. The Labute approximate surface area is 142 Å². The second-order valence-electron chi connectivity index (χ2n) is 6.11. The Morgan fingerprint density at radius 1 is 1.29 bits per heavy atom. The van der Waals surface area contributed by atoms with Gasteiger partial charge in [-0.2, -0.15) is 0 Å². The van der Waals surface area contributed by atoms with E-state index in [9.17, 15) is 9.18 Å². The van der Waals surface area contributed by atoms with Crippen LogP contribution in [0.5, 0.6) is 0 Å². The van der Waals surface area contributed by atoms with Crippen molar-refractivity contribution in [3.8, 4) is 0 Å². The van der Waals surface area contributed by atoms with E-state index < -0.39 is 24.1 Å². The van der Waals surface area contributed by atoms with Gasteiger partial charge in [-0.05, 0) is 25.8 Å². The lowest BCUT2D eigenvalue weighted by Gasteiger charge is -2.27. The van der Waals surface area contributed by atoms with Gasteiger partial charge >= 0.3 is 6.09 Å². The van der Waals surface area contributed by atoms with Gasteiger partial charge in [0, 0.05) is 18.7 Å². The highest BCUT2D eigenvalue weighted by Gasteiger charge is 2.27. The predicted molar refractivity (Wildman–Crippen MR) is 88.1 cm³/mol. The van der Waals surface area contributed by atoms with Crippen molar-refractivity contribution in [3.05, 3.63) is 35.6 Å². The number of carbonyl (C=O) groups is 1. The molecule has 6 heteroatoms. The lowest BCUT2D eigenvalue weighted by atomic mass is 9.96. The van der Waals surface area contributed by atoms with E-state index in [1.165, 1.54) is 19.6 Å². The molecule has 134 valence electrons. The third-order valence-electron chi connectivity index (χ3n) is 4.22. The van der Waals surface area contributed by atoms with Crippen LogP contribution in [0.3, 0.4) is 0 Å². The molecule has 5 nitrogen and oxygen atoms in total. The maximum Gasteiger partial charge on any atom is 0.407 e. The number of hydrogen-bond donors (Lipinski definition) is 1. The van der Waals surface area contributed by atoms with Crippen molar-refractivity contribution < 1.29 is 23.4 Å². The average Bonchev–Trinajstić information content (AvgIpc) is 2.57. The second kappa shape index (κ2) is 9.59. The van der Waals surface area contributed by atoms with E-state index in [0.29, 0.717) is 5.56 Å². The molecule has 1 aromatic rings. The molecule has 1 saturated carbocycles. The maximum absolute atomic E-state index is 14.1. The zero-order chi connectivity index (χ0) is 17.4. The molecule has 0 radical (unpaired) electrons. The summed E-state index contributed by atoms with van der Waals surface area (Å²) in [6.45, 7) is 1.67. The van der Waals surface area contributed by atoms with E-state index in [4.69, 9.17) is 14.2 Å². The van der Waals surface area contributed by atoms with Crippen molar-refractivity contribution in [3.63, 3.8) is 0 Å². The van der Waals surface area contributed by atoms with Gasteiger partial charge in [-0.1, -0.05) is 37.5 Å².